The van der Waals surface area contributed by atoms with Crippen LogP contribution in [-0.4, -0.2) is 24.7 Å². The van der Waals surface area contributed by atoms with Gasteiger partial charge >= 0.3 is 0 Å². The Balaban J connectivity index is 1.73. The molecule has 25 heavy (non-hydrogen) atoms. The van der Waals surface area contributed by atoms with Gasteiger partial charge in [-0.25, -0.2) is 0 Å². The van der Waals surface area contributed by atoms with Gasteiger partial charge in [0.05, 0.1) is 7.11 Å². The molecular formula is C17H18ClN3O3S. The third-order valence-electron chi connectivity index (χ3n) is 3.17. The van der Waals surface area contributed by atoms with Crippen molar-refractivity contribution in [1.82, 2.24) is 10.9 Å². The minimum atomic E-state index is -0.373. The number of aryl methyl sites for hydroxylation is 1. The first-order chi connectivity index (χ1) is 12.0. The maximum atomic E-state index is 11.8. The number of hydrazine groups is 1. The fourth-order valence-corrected chi connectivity index (χ4v) is 2.17. The zero-order valence-electron chi connectivity index (χ0n) is 13.8. The third kappa shape index (κ3) is 6.13. The average Bonchev–Trinajstić information content (AvgIpc) is 2.61. The number of carbonyl (C=O) groups excluding carboxylic acids is 1. The van der Waals surface area contributed by atoms with Crippen LogP contribution in [0.5, 0.6) is 11.5 Å². The molecule has 2 aromatic rings. The molecular weight excluding hydrogens is 362 g/mol. The first kappa shape index (κ1) is 18.8. The first-order valence-corrected chi connectivity index (χ1v) is 8.15. The molecule has 0 radical (unpaired) electrons. The van der Waals surface area contributed by atoms with Crippen LogP contribution >= 0.6 is 23.8 Å². The Morgan fingerprint density at radius 1 is 1.12 bits per heavy atom. The number of methoxy groups -OCH3 is 1. The molecule has 0 aromatic heterocycles. The molecule has 0 spiro atoms. The van der Waals surface area contributed by atoms with Gasteiger partial charge in [0, 0.05) is 10.7 Å². The summed E-state index contributed by atoms with van der Waals surface area (Å²) in [5, 5.41) is 3.78. The van der Waals surface area contributed by atoms with Crippen LogP contribution in [0.2, 0.25) is 5.02 Å². The maximum Gasteiger partial charge on any atom is 0.276 e. The van der Waals surface area contributed by atoms with Crippen LogP contribution in [0.4, 0.5) is 5.69 Å². The number of carbonyl (C=O) groups is 1. The minimum Gasteiger partial charge on any atom is -0.497 e. The summed E-state index contributed by atoms with van der Waals surface area (Å²) in [4.78, 5) is 11.8. The van der Waals surface area contributed by atoms with E-state index in [-0.39, 0.29) is 17.6 Å². The molecule has 3 N–H and O–H groups in total. The molecule has 6 nitrogen and oxygen atoms in total. The molecule has 132 valence electrons. The van der Waals surface area contributed by atoms with Crippen LogP contribution in [0, 0.1) is 6.92 Å². The summed E-state index contributed by atoms with van der Waals surface area (Å²) in [7, 11) is 1.58. The van der Waals surface area contributed by atoms with Crippen molar-refractivity contribution in [1.29, 1.82) is 0 Å². The number of ether oxygens (including phenoxy) is 2. The molecule has 0 heterocycles. The van der Waals surface area contributed by atoms with Crippen molar-refractivity contribution >= 4 is 40.5 Å². The zero-order chi connectivity index (χ0) is 18.2. The van der Waals surface area contributed by atoms with Crippen molar-refractivity contribution in [2.45, 2.75) is 6.92 Å². The summed E-state index contributed by atoms with van der Waals surface area (Å²) in [6.45, 7) is 1.75. The minimum absolute atomic E-state index is 0.154. The molecule has 0 fully saturated rings. The predicted octanol–water partition coefficient (Wildman–Crippen LogP) is 3.05. The van der Waals surface area contributed by atoms with E-state index in [1.54, 1.807) is 37.4 Å². The summed E-state index contributed by atoms with van der Waals surface area (Å²) in [5.74, 6) is 0.902. The highest BCUT2D eigenvalue weighted by molar-refractivity contribution is 7.80. The van der Waals surface area contributed by atoms with E-state index in [0.29, 0.717) is 16.5 Å². The van der Waals surface area contributed by atoms with Crippen molar-refractivity contribution in [2.75, 3.05) is 19.0 Å². The number of thiocarbonyl (C=S) groups is 1. The van der Waals surface area contributed by atoms with Crippen LogP contribution in [0.25, 0.3) is 0 Å². The number of anilines is 1. The van der Waals surface area contributed by atoms with Gasteiger partial charge in [0.2, 0.25) is 0 Å². The quantitative estimate of drug-likeness (QED) is 0.548. The number of hydrogen-bond acceptors (Lipinski definition) is 4. The second-order valence-electron chi connectivity index (χ2n) is 5.06. The maximum absolute atomic E-state index is 11.8. The molecule has 0 aliphatic carbocycles. The number of rotatable bonds is 5. The lowest BCUT2D eigenvalue weighted by molar-refractivity contribution is -0.123. The smallest absolute Gasteiger partial charge is 0.276 e. The number of amides is 1. The van der Waals surface area contributed by atoms with Crippen LogP contribution in [0.15, 0.2) is 42.5 Å². The zero-order valence-corrected chi connectivity index (χ0v) is 15.3. The van der Waals surface area contributed by atoms with E-state index >= 15 is 0 Å². The Bertz CT molecular complexity index is 753. The number of nitrogens with one attached hydrogen (secondary N) is 3. The van der Waals surface area contributed by atoms with Gasteiger partial charge in [-0.3, -0.25) is 15.6 Å². The Labute approximate surface area is 156 Å². The Kier molecular flexibility index (Phi) is 6.85. The summed E-state index contributed by atoms with van der Waals surface area (Å²) in [5.41, 5.74) is 6.73. The normalized spacial score (nSPS) is 9.88. The van der Waals surface area contributed by atoms with Gasteiger partial charge in [0.1, 0.15) is 11.5 Å². The van der Waals surface area contributed by atoms with Crippen LogP contribution in [-0.2, 0) is 4.79 Å². The Hall–Kier alpha value is -2.51. The van der Waals surface area contributed by atoms with E-state index in [9.17, 15) is 4.79 Å². The van der Waals surface area contributed by atoms with Gasteiger partial charge < -0.3 is 14.8 Å². The van der Waals surface area contributed by atoms with Crippen LogP contribution in [0.3, 0.4) is 0 Å². The predicted molar refractivity (Wildman–Crippen MR) is 102 cm³/mol. The molecule has 0 aliphatic rings. The second kappa shape index (κ2) is 9.10. The number of halogens is 1. The van der Waals surface area contributed by atoms with Gasteiger partial charge in [-0.2, -0.15) is 0 Å². The van der Waals surface area contributed by atoms with E-state index in [1.165, 1.54) is 0 Å². The summed E-state index contributed by atoms with van der Waals surface area (Å²) >= 11 is 11.1. The second-order valence-corrected chi connectivity index (χ2v) is 5.87. The molecule has 2 aromatic carbocycles. The summed E-state index contributed by atoms with van der Waals surface area (Å²) in [6, 6.07) is 12.4. The third-order valence-corrected chi connectivity index (χ3v) is 3.79. The van der Waals surface area contributed by atoms with E-state index in [2.05, 4.69) is 16.2 Å². The van der Waals surface area contributed by atoms with Gasteiger partial charge in [-0.15, -0.1) is 0 Å². The number of hydrogen-bond donors (Lipinski definition) is 3. The SMILES string of the molecule is COc1ccc(OCC(=O)NNC(=S)Nc2ccc(C)c(Cl)c2)cc1. The van der Waals surface area contributed by atoms with Crippen molar-refractivity contribution in [3.05, 3.63) is 53.1 Å². The molecule has 0 saturated heterocycles. The van der Waals surface area contributed by atoms with Gasteiger partial charge in [-0.05, 0) is 61.1 Å². The highest BCUT2D eigenvalue weighted by Gasteiger charge is 2.05. The van der Waals surface area contributed by atoms with E-state index < -0.39 is 0 Å². The Morgan fingerprint density at radius 3 is 2.44 bits per heavy atom. The first-order valence-electron chi connectivity index (χ1n) is 7.37. The fourth-order valence-electron chi connectivity index (χ4n) is 1.82. The fraction of sp³-hybridized carbons (Fsp3) is 0.176. The molecule has 0 atom stereocenters. The number of benzene rings is 2. The van der Waals surface area contributed by atoms with Crippen molar-refractivity contribution < 1.29 is 14.3 Å². The molecule has 0 unspecified atom stereocenters. The molecule has 0 bridgehead atoms. The summed E-state index contributed by atoms with van der Waals surface area (Å²) < 4.78 is 10.4. The Morgan fingerprint density at radius 2 is 1.80 bits per heavy atom. The topological polar surface area (TPSA) is 71.6 Å². The van der Waals surface area contributed by atoms with Crippen molar-refractivity contribution in [3.8, 4) is 11.5 Å². The lowest BCUT2D eigenvalue weighted by atomic mass is 10.2. The van der Waals surface area contributed by atoms with Crippen LogP contribution in [0.1, 0.15) is 5.56 Å². The average molecular weight is 380 g/mol. The van der Waals surface area contributed by atoms with Crippen molar-refractivity contribution in [3.63, 3.8) is 0 Å². The van der Waals surface area contributed by atoms with Gasteiger partial charge in [0.25, 0.3) is 5.91 Å². The summed E-state index contributed by atoms with van der Waals surface area (Å²) in [6.07, 6.45) is 0. The highest BCUT2D eigenvalue weighted by atomic mass is 35.5. The highest BCUT2D eigenvalue weighted by Crippen LogP contribution is 2.19. The van der Waals surface area contributed by atoms with Crippen molar-refractivity contribution in [2.24, 2.45) is 0 Å². The lowest BCUT2D eigenvalue weighted by Gasteiger charge is -2.12. The van der Waals surface area contributed by atoms with E-state index in [4.69, 9.17) is 33.3 Å². The van der Waals surface area contributed by atoms with Gasteiger partial charge in [0.15, 0.2) is 11.7 Å². The van der Waals surface area contributed by atoms with Crippen LogP contribution < -0.4 is 25.6 Å². The van der Waals surface area contributed by atoms with Gasteiger partial charge in [-0.1, -0.05) is 17.7 Å². The largest absolute Gasteiger partial charge is 0.497 e. The molecule has 0 saturated carbocycles. The molecule has 1 amide bonds. The van der Waals surface area contributed by atoms with E-state index in [0.717, 1.165) is 11.3 Å². The molecule has 0 aliphatic heterocycles. The monoisotopic (exact) mass is 379 g/mol. The van der Waals surface area contributed by atoms with E-state index in [1.807, 2.05) is 19.1 Å². The standard InChI is InChI=1S/C17H18ClN3O3S/c1-11-3-4-12(9-15(11)18)19-17(25)21-20-16(22)10-24-14-7-5-13(23-2)6-8-14/h3-9H,10H2,1-2H3,(H,20,22)(H2,19,21,25). The lowest BCUT2D eigenvalue weighted by Crippen LogP contribution is -2.45. The molecule has 2 rings (SSSR count). The molecule has 8 heteroatoms.